The zero-order valence-electron chi connectivity index (χ0n) is 16.9. The van der Waals surface area contributed by atoms with Crippen LogP contribution in [0.4, 0.5) is 0 Å². The van der Waals surface area contributed by atoms with Gasteiger partial charge < -0.3 is 10.4 Å². The van der Waals surface area contributed by atoms with Crippen LogP contribution in [0.5, 0.6) is 0 Å². The molecule has 0 aromatic heterocycles. The molecule has 4 nitrogen and oxygen atoms in total. The van der Waals surface area contributed by atoms with Gasteiger partial charge in [0.05, 0.1) is 12.6 Å². The first-order valence-corrected chi connectivity index (χ1v) is 10.5. The third-order valence-electron chi connectivity index (χ3n) is 4.95. The van der Waals surface area contributed by atoms with Gasteiger partial charge in [-0.1, -0.05) is 84.4 Å². The smallest absolute Gasteiger partial charge is 0.234 e. The number of aliphatic hydroxyl groups excluding tert-OH is 1. The van der Waals surface area contributed by atoms with Gasteiger partial charge >= 0.3 is 0 Å². The van der Waals surface area contributed by atoms with E-state index in [1.54, 1.807) is 0 Å². The van der Waals surface area contributed by atoms with Crippen molar-refractivity contribution in [3.8, 4) is 0 Å². The van der Waals surface area contributed by atoms with Crippen molar-refractivity contribution in [3.05, 3.63) is 107 Å². The Kier molecular flexibility index (Phi) is 8.45. The molecule has 0 atom stereocenters. The molecule has 2 N–H and O–H groups in total. The number of amides is 1. The highest BCUT2D eigenvalue weighted by molar-refractivity contribution is 6.30. The van der Waals surface area contributed by atoms with E-state index in [0.29, 0.717) is 24.5 Å². The van der Waals surface area contributed by atoms with Gasteiger partial charge in [0, 0.05) is 24.7 Å². The van der Waals surface area contributed by atoms with E-state index in [2.05, 4.69) is 34.5 Å². The average Bonchev–Trinajstić information content (AvgIpc) is 2.78. The standard InChI is InChI=1S/C25H27ClN2O2/c26-23-14-12-20(13-15-23)18-27-24(30)19-28(16-7-17-29)25(21-8-3-1-4-9-21)22-10-5-2-6-11-22/h1-6,8-15,25,29H,7,16-19H2,(H,27,30). The van der Waals surface area contributed by atoms with Crippen molar-refractivity contribution in [2.24, 2.45) is 0 Å². The van der Waals surface area contributed by atoms with E-state index in [1.165, 1.54) is 0 Å². The fraction of sp³-hybridized carbons (Fsp3) is 0.240. The maximum atomic E-state index is 12.8. The molecule has 0 saturated carbocycles. The molecule has 0 aliphatic rings. The minimum atomic E-state index is -0.0692. The molecule has 3 aromatic rings. The van der Waals surface area contributed by atoms with Crippen molar-refractivity contribution in [2.45, 2.75) is 19.0 Å². The lowest BCUT2D eigenvalue weighted by Gasteiger charge is -2.32. The Morgan fingerprint density at radius 3 is 2.00 bits per heavy atom. The van der Waals surface area contributed by atoms with Crippen molar-refractivity contribution in [2.75, 3.05) is 19.7 Å². The number of hydrogen-bond acceptors (Lipinski definition) is 3. The van der Waals surface area contributed by atoms with E-state index in [4.69, 9.17) is 11.6 Å². The number of hydrogen-bond donors (Lipinski definition) is 2. The monoisotopic (exact) mass is 422 g/mol. The minimum Gasteiger partial charge on any atom is -0.396 e. The average molecular weight is 423 g/mol. The van der Waals surface area contributed by atoms with E-state index < -0.39 is 0 Å². The van der Waals surface area contributed by atoms with Gasteiger partial charge in [0.25, 0.3) is 0 Å². The number of aliphatic hydroxyl groups is 1. The van der Waals surface area contributed by atoms with Crippen molar-refractivity contribution < 1.29 is 9.90 Å². The molecule has 0 aliphatic heterocycles. The van der Waals surface area contributed by atoms with Crippen molar-refractivity contribution >= 4 is 17.5 Å². The minimum absolute atomic E-state index is 0.0558. The number of carbonyl (C=O) groups excluding carboxylic acids is 1. The van der Waals surface area contributed by atoms with Crippen LogP contribution in [-0.2, 0) is 11.3 Å². The Balaban J connectivity index is 1.77. The molecular formula is C25H27ClN2O2. The topological polar surface area (TPSA) is 52.6 Å². The van der Waals surface area contributed by atoms with E-state index in [-0.39, 0.29) is 25.1 Å². The second-order valence-corrected chi connectivity index (χ2v) is 7.61. The zero-order chi connectivity index (χ0) is 21.2. The number of nitrogens with zero attached hydrogens (tertiary/aromatic N) is 1. The van der Waals surface area contributed by atoms with Crippen LogP contribution in [-0.4, -0.2) is 35.6 Å². The van der Waals surface area contributed by atoms with Gasteiger partial charge in [-0.3, -0.25) is 9.69 Å². The molecule has 5 heteroatoms. The molecule has 0 radical (unpaired) electrons. The summed E-state index contributed by atoms with van der Waals surface area (Å²) in [6.07, 6.45) is 0.598. The van der Waals surface area contributed by atoms with Crippen molar-refractivity contribution in [3.63, 3.8) is 0 Å². The Morgan fingerprint density at radius 1 is 0.900 bits per heavy atom. The second kappa shape index (κ2) is 11.5. The highest BCUT2D eigenvalue weighted by Gasteiger charge is 2.24. The van der Waals surface area contributed by atoms with Crippen LogP contribution in [0.2, 0.25) is 5.02 Å². The van der Waals surface area contributed by atoms with Gasteiger partial charge in [0.15, 0.2) is 0 Å². The SMILES string of the molecule is O=C(CN(CCCO)C(c1ccccc1)c1ccccc1)NCc1ccc(Cl)cc1. The lowest BCUT2D eigenvalue weighted by Crippen LogP contribution is -2.40. The summed E-state index contributed by atoms with van der Waals surface area (Å²) in [5, 5.41) is 13.1. The Labute approximate surface area is 183 Å². The van der Waals surface area contributed by atoms with Crippen molar-refractivity contribution in [1.29, 1.82) is 0 Å². The summed E-state index contributed by atoms with van der Waals surface area (Å²) in [7, 11) is 0. The number of benzene rings is 3. The fourth-order valence-electron chi connectivity index (χ4n) is 3.50. The first-order valence-electron chi connectivity index (χ1n) is 10.1. The summed E-state index contributed by atoms with van der Waals surface area (Å²) < 4.78 is 0. The summed E-state index contributed by atoms with van der Waals surface area (Å²) in [5.41, 5.74) is 3.23. The van der Waals surface area contributed by atoms with Crippen LogP contribution >= 0.6 is 11.6 Å². The normalized spacial score (nSPS) is 11.1. The van der Waals surface area contributed by atoms with Gasteiger partial charge in [-0.15, -0.1) is 0 Å². The third-order valence-corrected chi connectivity index (χ3v) is 5.20. The van der Waals surface area contributed by atoms with Crippen LogP contribution in [0.3, 0.4) is 0 Å². The quantitative estimate of drug-likeness (QED) is 0.508. The first-order chi connectivity index (χ1) is 14.7. The highest BCUT2D eigenvalue weighted by atomic mass is 35.5. The van der Waals surface area contributed by atoms with E-state index in [9.17, 15) is 9.90 Å². The molecule has 0 heterocycles. The van der Waals surface area contributed by atoms with Gasteiger partial charge in [-0.2, -0.15) is 0 Å². The summed E-state index contributed by atoms with van der Waals surface area (Å²) in [6.45, 7) is 1.38. The molecule has 1 amide bonds. The van der Waals surface area contributed by atoms with Gasteiger partial charge in [-0.05, 0) is 35.2 Å². The molecule has 0 unspecified atom stereocenters. The first kappa shape index (κ1) is 22.0. The molecule has 0 saturated heterocycles. The predicted octanol–water partition coefficient (Wildman–Crippen LogP) is 4.43. The summed E-state index contributed by atoms with van der Waals surface area (Å²) in [6, 6.07) is 27.7. The summed E-state index contributed by atoms with van der Waals surface area (Å²) >= 11 is 5.93. The fourth-order valence-corrected chi connectivity index (χ4v) is 3.63. The highest BCUT2D eigenvalue weighted by Crippen LogP contribution is 2.28. The maximum Gasteiger partial charge on any atom is 0.234 e. The van der Waals surface area contributed by atoms with Crippen LogP contribution < -0.4 is 5.32 Å². The molecule has 0 aliphatic carbocycles. The summed E-state index contributed by atoms with van der Waals surface area (Å²) in [4.78, 5) is 14.9. The zero-order valence-corrected chi connectivity index (χ0v) is 17.6. The summed E-state index contributed by atoms with van der Waals surface area (Å²) in [5.74, 6) is -0.0558. The van der Waals surface area contributed by atoms with Gasteiger partial charge in [0.1, 0.15) is 0 Å². The van der Waals surface area contributed by atoms with E-state index in [0.717, 1.165) is 16.7 Å². The number of nitrogens with one attached hydrogen (secondary N) is 1. The largest absolute Gasteiger partial charge is 0.396 e. The predicted molar refractivity (Wildman–Crippen MR) is 121 cm³/mol. The van der Waals surface area contributed by atoms with Crippen molar-refractivity contribution in [1.82, 2.24) is 10.2 Å². The third kappa shape index (κ3) is 6.42. The Morgan fingerprint density at radius 2 is 1.47 bits per heavy atom. The number of halogens is 1. The Bertz CT molecular complexity index is 862. The van der Waals surface area contributed by atoms with E-state index in [1.807, 2.05) is 60.7 Å². The molecule has 156 valence electrons. The molecule has 0 fully saturated rings. The molecule has 0 spiro atoms. The molecular weight excluding hydrogens is 396 g/mol. The molecule has 30 heavy (non-hydrogen) atoms. The molecule has 0 bridgehead atoms. The molecule has 3 rings (SSSR count). The van der Waals surface area contributed by atoms with Crippen LogP contribution in [0.1, 0.15) is 29.2 Å². The van der Waals surface area contributed by atoms with Gasteiger partial charge in [-0.25, -0.2) is 0 Å². The molecule has 3 aromatic carbocycles. The van der Waals surface area contributed by atoms with Crippen LogP contribution in [0.25, 0.3) is 0 Å². The van der Waals surface area contributed by atoms with Gasteiger partial charge in [0.2, 0.25) is 5.91 Å². The second-order valence-electron chi connectivity index (χ2n) is 7.17. The van der Waals surface area contributed by atoms with Crippen LogP contribution in [0.15, 0.2) is 84.9 Å². The Hall–Kier alpha value is -2.66. The lowest BCUT2D eigenvalue weighted by atomic mass is 9.96. The lowest BCUT2D eigenvalue weighted by molar-refractivity contribution is -0.122. The number of rotatable bonds is 10. The van der Waals surface area contributed by atoms with E-state index >= 15 is 0 Å². The van der Waals surface area contributed by atoms with Crippen LogP contribution in [0, 0.1) is 0 Å². The maximum absolute atomic E-state index is 12.8. The number of carbonyl (C=O) groups is 1.